The van der Waals surface area contributed by atoms with E-state index in [1.807, 2.05) is 6.92 Å². The molecule has 15 heavy (non-hydrogen) atoms. The van der Waals surface area contributed by atoms with E-state index < -0.39 is 6.10 Å². The maximum absolute atomic E-state index is 9.68. The molecule has 0 spiro atoms. The molecule has 1 N–H and O–H groups in total. The third kappa shape index (κ3) is 2.55. The summed E-state index contributed by atoms with van der Waals surface area (Å²) >= 11 is 6.00. The van der Waals surface area contributed by atoms with E-state index >= 15 is 0 Å². The van der Waals surface area contributed by atoms with E-state index in [1.165, 1.54) is 14.2 Å². The first kappa shape index (κ1) is 12.1. The molecule has 0 heterocycles. The second-order valence-corrected chi connectivity index (χ2v) is 3.57. The number of ether oxygens (including phenoxy) is 2. The van der Waals surface area contributed by atoms with Gasteiger partial charge in [-0.25, -0.2) is 0 Å². The Morgan fingerprint density at radius 3 is 2.47 bits per heavy atom. The molecule has 0 aromatic heterocycles. The van der Waals surface area contributed by atoms with Gasteiger partial charge in [-0.2, -0.15) is 0 Å². The quantitative estimate of drug-likeness (QED) is 0.865. The third-order valence-corrected chi connectivity index (χ3v) is 2.51. The van der Waals surface area contributed by atoms with Gasteiger partial charge in [-0.1, -0.05) is 18.5 Å². The first-order valence-corrected chi connectivity index (χ1v) is 5.11. The van der Waals surface area contributed by atoms with Gasteiger partial charge in [-0.3, -0.25) is 0 Å². The predicted molar refractivity (Wildman–Crippen MR) is 59.8 cm³/mol. The van der Waals surface area contributed by atoms with E-state index in [0.29, 0.717) is 22.9 Å². The van der Waals surface area contributed by atoms with Crippen LogP contribution in [0.5, 0.6) is 11.5 Å². The van der Waals surface area contributed by atoms with Crippen molar-refractivity contribution in [2.24, 2.45) is 0 Å². The van der Waals surface area contributed by atoms with Crippen LogP contribution in [0.1, 0.15) is 25.0 Å². The summed E-state index contributed by atoms with van der Waals surface area (Å²) in [4.78, 5) is 0. The van der Waals surface area contributed by atoms with Gasteiger partial charge in [-0.05, 0) is 24.1 Å². The average molecular weight is 231 g/mol. The van der Waals surface area contributed by atoms with Gasteiger partial charge in [0.05, 0.1) is 25.3 Å². The van der Waals surface area contributed by atoms with Gasteiger partial charge in [0.15, 0.2) is 11.5 Å². The summed E-state index contributed by atoms with van der Waals surface area (Å²) in [6.07, 6.45) is 0.105. The molecule has 0 aliphatic rings. The lowest BCUT2D eigenvalue weighted by molar-refractivity contribution is 0.173. The fourth-order valence-corrected chi connectivity index (χ4v) is 1.66. The molecular weight excluding hydrogens is 216 g/mol. The molecule has 0 fully saturated rings. The molecule has 1 aromatic rings. The molecule has 0 saturated heterocycles. The van der Waals surface area contributed by atoms with Crippen molar-refractivity contribution in [1.82, 2.24) is 0 Å². The lowest BCUT2D eigenvalue weighted by Crippen LogP contribution is -1.98. The summed E-state index contributed by atoms with van der Waals surface area (Å²) in [6.45, 7) is 1.90. The van der Waals surface area contributed by atoms with Crippen molar-refractivity contribution in [2.75, 3.05) is 14.2 Å². The highest BCUT2D eigenvalue weighted by atomic mass is 35.5. The van der Waals surface area contributed by atoms with Crippen molar-refractivity contribution in [2.45, 2.75) is 19.4 Å². The molecule has 0 unspecified atom stereocenters. The van der Waals surface area contributed by atoms with Gasteiger partial charge in [0.1, 0.15) is 0 Å². The van der Waals surface area contributed by atoms with E-state index in [-0.39, 0.29) is 0 Å². The van der Waals surface area contributed by atoms with Crippen LogP contribution in [-0.4, -0.2) is 19.3 Å². The Morgan fingerprint density at radius 1 is 1.33 bits per heavy atom. The number of benzene rings is 1. The topological polar surface area (TPSA) is 38.7 Å². The molecule has 84 valence electrons. The highest BCUT2D eigenvalue weighted by molar-refractivity contribution is 6.32. The smallest absolute Gasteiger partial charge is 0.179 e. The molecule has 0 aliphatic heterocycles. The first-order chi connectivity index (χ1) is 7.13. The van der Waals surface area contributed by atoms with Crippen LogP contribution in [0.15, 0.2) is 12.1 Å². The maximum Gasteiger partial charge on any atom is 0.179 e. The average Bonchev–Trinajstić information content (AvgIpc) is 2.26. The number of methoxy groups -OCH3 is 2. The van der Waals surface area contributed by atoms with Crippen LogP contribution in [0.3, 0.4) is 0 Å². The summed E-state index contributed by atoms with van der Waals surface area (Å²) in [5, 5.41) is 10.1. The zero-order valence-electron chi connectivity index (χ0n) is 9.08. The van der Waals surface area contributed by atoms with Crippen LogP contribution in [-0.2, 0) is 0 Å². The van der Waals surface area contributed by atoms with E-state index in [4.69, 9.17) is 21.1 Å². The monoisotopic (exact) mass is 230 g/mol. The van der Waals surface area contributed by atoms with E-state index in [9.17, 15) is 5.11 Å². The molecule has 0 bridgehead atoms. The molecule has 1 rings (SSSR count). The maximum atomic E-state index is 9.68. The van der Waals surface area contributed by atoms with Crippen molar-refractivity contribution in [1.29, 1.82) is 0 Å². The van der Waals surface area contributed by atoms with Crippen LogP contribution in [0.4, 0.5) is 0 Å². The normalized spacial score (nSPS) is 12.3. The van der Waals surface area contributed by atoms with E-state index in [1.54, 1.807) is 12.1 Å². The van der Waals surface area contributed by atoms with Gasteiger partial charge in [0, 0.05) is 0 Å². The second kappa shape index (κ2) is 5.24. The minimum absolute atomic E-state index is 0.444. The van der Waals surface area contributed by atoms with Gasteiger partial charge < -0.3 is 14.6 Å². The number of aliphatic hydroxyl groups excluding tert-OH is 1. The minimum atomic E-state index is -0.526. The van der Waals surface area contributed by atoms with E-state index in [2.05, 4.69) is 0 Å². The number of hydrogen-bond acceptors (Lipinski definition) is 3. The highest BCUT2D eigenvalue weighted by Crippen LogP contribution is 2.37. The highest BCUT2D eigenvalue weighted by Gasteiger charge is 2.14. The molecule has 3 nitrogen and oxygen atoms in total. The Labute approximate surface area is 94.6 Å². The molecule has 0 radical (unpaired) electrons. The van der Waals surface area contributed by atoms with Crippen LogP contribution < -0.4 is 9.47 Å². The van der Waals surface area contributed by atoms with Crippen LogP contribution in [0.25, 0.3) is 0 Å². The van der Waals surface area contributed by atoms with Crippen molar-refractivity contribution < 1.29 is 14.6 Å². The Kier molecular flexibility index (Phi) is 4.24. The number of aliphatic hydroxyl groups is 1. The molecule has 0 amide bonds. The molecule has 4 heteroatoms. The van der Waals surface area contributed by atoms with Crippen molar-refractivity contribution >= 4 is 11.6 Å². The zero-order valence-corrected chi connectivity index (χ0v) is 9.84. The van der Waals surface area contributed by atoms with Crippen LogP contribution in [0, 0.1) is 0 Å². The lowest BCUT2D eigenvalue weighted by Gasteiger charge is -2.14. The molecule has 0 saturated carbocycles. The molecule has 1 aromatic carbocycles. The number of hydrogen-bond donors (Lipinski definition) is 1. The predicted octanol–water partition coefficient (Wildman–Crippen LogP) is 2.80. The standard InChI is InChI=1S/C11H15ClO3/c1-4-9(13)7-5-8(12)11(15-3)10(6-7)14-2/h5-6,9,13H,4H2,1-3H3/t9-/m1/s1. The first-order valence-electron chi connectivity index (χ1n) is 4.73. The SMILES string of the molecule is CC[C@@H](O)c1cc(Cl)c(OC)c(OC)c1. The Bertz CT molecular complexity index is 339. The van der Waals surface area contributed by atoms with Crippen molar-refractivity contribution in [3.8, 4) is 11.5 Å². The summed E-state index contributed by atoms with van der Waals surface area (Å²) in [5.74, 6) is 1.03. The summed E-state index contributed by atoms with van der Waals surface area (Å²) < 4.78 is 10.2. The van der Waals surface area contributed by atoms with Crippen molar-refractivity contribution in [3.05, 3.63) is 22.7 Å². The number of rotatable bonds is 4. The molecular formula is C11H15ClO3. The second-order valence-electron chi connectivity index (χ2n) is 3.16. The summed E-state index contributed by atoms with van der Waals surface area (Å²) in [6, 6.07) is 3.43. The summed E-state index contributed by atoms with van der Waals surface area (Å²) in [7, 11) is 3.07. The van der Waals surface area contributed by atoms with Gasteiger partial charge in [-0.15, -0.1) is 0 Å². The molecule has 0 aliphatic carbocycles. The van der Waals surface area contributed by atoms with Crippen LogP contribution in [0.2, 0.25) is 5.02 Å². The third-order valence-electron chi connectivity index (χ3n) is 2.23. The summed E-state index contributed by atoms with van der Waals surface area (Å²) in [5.41, 5.74) is 0.736. The Balaban J connectivity index is 3.19. The van der Waals surface area contributed by atoms with Gasteiger partial charge in [0.2, 0.25) is 0 Å². The van der Waals surface area contributed by atoms with Gasteiger partial charge >= 0.3 is 0 Å². The Hall–Kier alpha value is -0.930. The Morgan fingerprint density at radius 2 is 2.00 bits per heavy atom. The minimum Gasteiger partial charge on any atom is -0.493 e. The largest absolute Gasteiger partial charge is 0.493 e. The van der Waals surface area contributed by atoms with Crippen LogP contribution >= 0.6 is 11.6 Å². The van der Waals surface area contributed by atoms with E-state index in [0.717, 1.165) is 5.56 Å². The van der Waals surface area contributed by atoms with Crippen molar-refractivity contribution in [3.63, 3.8) is 0 Å². The number of halogens is 1. The van der Waals surface area contributed by atoms with Gasteiger partial charge in [0.25, 0.3) is 0 Å². The fraction of sp³-hybridized carbons (Fsp3) is 0.455. The zero-order chi connectivity index (χ0) is 11.4. The lowest BCUT2D eigenvalue weighted by atomic mass is 10.1. The molecule has 1 atom stereocenters. The fourth-order valence-electron chi connectivity index (χ4n) is 1.37.